The number of carbonyl (C=O) groups excluding carboxylic acids is 1. The van der Waals surface area contributed by atoms with E-state index in [2.05, 4.69) is 42.8 Å². The van der Waals surface area contributed by atoms with Gasteiger partial charge in [-0.15, -0.1) is 0 Å². The van der Waals surface area contributed by atoms with Gasteiger partial charge in [0.1, 0.15) is 6.61 Å². The molecule has 0 unspecified atom stereocenters. The number of hydrogen-bond acceptors (Lipinski definition) is 2. The molecule has 19 heavy (non-hydrogen) atoms. The second-order valence-electron chi connectivity index (χ2n) is 3.95. The highest BCUT2D eigenvalue weighted by atomic mass is 16.5. The maximum atomic E-state index is 10.4. The van der Waals surface area contributed by atoms with Gasteiger partial charge < -0.3 is 4.74 Å². The summed E-state index contributed by atoms with van der Waals surface area (Å²) in [5.41, 5.74) is 0. The van der Waals surface area contributed by atoms with E-state index in [4.69, 9.17) is 4.74 Å². The van der Waals surface area contributed by atoms with Crippen molar-refractivity contribution in [3.05, 3.63) is 24.3 Å². The van der Waals surface area contributed by atoms with Crippen LogP contribution < -0.4 is 0 Å². The van der Waals surface area contributed by atoms with Crippen molar-refractivity contribution in [1.29, 1.82) is 0 Å². The number of ether oxygens (including phenoxy) is 1. The first-order valence-corrected chi connectivity index (χ1v) is 6.69. The third-order valence-electron chi connectivity index (χ3n) is 2.17. The minimum atomic E-state index is -0.289. The third-order valence-corrected chi connectivity index (χ3v) is 2.17. The van der Waals surface area contributed by atoms with Crippen molar-refractivity contribution in [2.45, 2.75) is 46.0 Å². The molecule has 0 saturated heterocycles. The summed E-state index contributed by atoms with van der Waals surface area (Å²) in [4.78, 5) is 10.4. The first kappa shape index (κ1) is 17.1. The minimum absolute atomic E-state index is 0.262. The Kier molecular flexibility index (Phi) is 12.7. The van der Waals surface area contributed by atoms with E-state index in [0.717, 1.165) is 12.8 Å². The van der Waals surface area contributed by atoms with Crippen LogP contribution in [0.1, 0.15) is 46.0 Å². The van der Waals surface area contributed by atoms with Gasteiger partial charge in [0, 0.05) is 13.3 Å². The molecule has 2 heteroatoms. The third kappa shape index (κ3) is 16.1. The van der Waals surface area contributed by atoms with Crippen LogP contribution in [-0.2, 0) is 9.53 Å². The van der Waals surface area contributed by atoms with Crippen LogP contribution in [-0.4, -0.2) is 12.6 Å². The summed E-state index contributed by atoms with van der Waals surface area (Å²) in [5, 5.41) is 0. The maximum absolute atomic E-state index is 10.4. The highest BCUT2D eigenvalue weighted by Gasteiger charge is 1.84. The molecular weight excluding hydrogens is 236 g/mol. The number of carbonyl (C=O) groups is 1. The fourth-order valence-electron chi connectivity index (χ4n) is 1.22. The van der Waals surface area contributed by atoms with E-state index in [1.54, 1.807) is 12.2 Å². The quantitative estimate of drug-likeness (QED) is 0.301. The summed E-state index contributed by atoms with van der Waals surface area (Å²) in [6.45, 7) is 3.84. The van der Waals surface area contributed by atoms with Gasteiger partial charge in [0.25, 0.3) is 0 Å². The number of rotatable bonds is 7. The molecule has 0 fully saturated rings. The molecule has 0 aliphatic rings. The number of hydrogen-bond donors (Lipinski definition) is 0. The smallest absolute Gasteiger partial charge is 0.302 e. The normalized spacial score (nSPS) is 9.79. The van der Waals surface area contributed by atoms with Gasteiger partial charge in [0.2, 0.25) is 0 Å². The number of unbranched alkanes of at least 4 members (excludes halogenated alkanes) is 3. The second kappa shape index (κ2) is 14.1. The van der Waals surface area contributed by atoms with Gasteiger partial charge in [-0.2, -0.15) is 0 Å². The van der Waals surface area contributed by atoms with Gasteiger partial charge in [0.05, 0.1) is 0 Å². The van der Waals surface area contributed by atoms with Gasteiger partial charge in [-0.05, 0) is 36.8 Å². The lowest BCUT2D eigenvalue weighted by Gasteiger charge is -1.91. The van der Waals surface area contributed by atoms with E-state index < -0.39 is 0 Å². The first-order valence-electron chi connectivity index (χ1n) is 6.69. The molecule has 0 N–H and O–H groups in total. The Hall–Kier alpha value is -1.93. The van der Waals surface area contributed by atoms with Crippen molar-refractivity contribution in [3.8, 4) is 23.7 Å². The summed E-state index contributed by atoms with van der Waals surface area (Å²) < 4.78 is 4.70. The summed E-state index contributed by atoms with van der Waals surface area (Å²) in [6.07, 6.45) is 13.3. The molecule has 2 nitrogen and oxygen atoms in total. The fraction of sp³-hybridized carbons (Fsp3) is 0.471. The molecule has 102 valence electrons. The summed E-state index contributed by atoms with van der Waals surface area (Å²) in [7, 11) is 0. The Morgan fingerprint density at radius 1 is 1.16 bits per heavy atom. The fourth-order valence-corrected chi connectivity index (χ4v) is 1.22. The topological polar surface area (TPSA) is 26.3 Å². The molecule has 0 radical (unpaired) electrons. The second-order valence-corrected chi connectivity index (χ2v) is 3.95. The summed E-state index contributed by atoms with van der Waals surface area (Å²) in [6, 6.07) is 0. The molecule has 0 amide bonds. The molecule has 0 spiro atoms. The van der Waals surface area contributed by atoms with Crippen molar-refractivity contribution >= 4 is 5.97 Å². The number of allylic oxidation sites excluding steroid dienone is 3. The standard InChI is InChI=1S/C17H22O2/c1-3-4-5-6-7-8-9-10-11-12-13-14-15-16-19-17(2)18/h7-8,14-15H,3-6,9,16H2,1-2H3/b8-7-,15-14-. The molecule has 0 aromatic rings. The van der Waals surface area contributed by atoms with E-state index in [1.807, 2.05) is 0 Å². The van der Waals surface area contributed by atoms with Crippen molar-refractivity contribution in [1.82, 2.24) is 0 Å². The molecule has 0 aromatic carbocycles. The Morgan fingerprint density at radius 3 is 2.74 bits per heavy atom. The SMILES string of the molecule is CCCCC/C=C\CC#CC#C/C=C\COC(C)=O. The van der Waals surface area contributed by atoms with Gasteiger partial charge in [-0.3, -0.25) is 4.79 Å². The van der Waals surface area contributed by atoms with Gasteiger partial charge in [-0.1, -0.05) is 43.8 Å². The zero-order valence-corrected chi connectivity index (χ0v) is 11.9. The van der Waals surface area contributed by atoms with E-state index in [9.17, 15) is 4.79 Å². The van der Waals surface area contributed by atoms with Crippen molar-refractivity contribution in [3.63, 3.8) is 0 Å². The molecule has 0 saturated carbocycles. The molecule has 0 atom stereocenters. The van der Waals surface area contributed by atoms with Crippen LogP contribution in [0, 0.1) is 23.7 Å². The van der Waals surface area contributed by atoms with E-state index in [-0.39, 0.29) is 12.6 Å². The average molecular weight is 258 g/mol. The predicted molar refractivity (Wildman–Crippen MR) is 79.2 cm³/mol. The van der Waals surface area contributed by atoms with Gasteiger partial charge in [-0.25, -0.2) is 0 Å². The zero-order chi connectivity index (χ0) is 14.2. The largest absolute Gasteiger partial charge is 0.462 e. The van der Waals surface area contributed by atoms with E-state index >= 15 is 0 Å². The van der Waals surface area contributed by atoms with Crippen LogP contribution in [0.4, 0.5) is 0 Å². The van der Waals surface area contributed by atoms with Gasteiger partial charge >= 0.3 is 5.97 Å². The predicted octanol–water partition coefficient (Wildman–Crippen LogP) is 3.64. The molecular formula is C17H22O2. The minimum Gasteiger partial charge on any atom is -0.462 e. The Bertz CT molecular complexity index is 408. The van der Waals surface area contributed by atoms with Crippen LogP contribution in [0.3, 0.4) is 0 Å². The molecule has 0 aliphatic carbocycles. The molecule has 0 rings (SSSR count). The monoisotopic (exact) mass is 258 g/mol. The zero-order valence-electron chi connectivity index (χ0n) is 11.9. The maximum Gasteiger partial charge on any atom is 0.302 e. The molecule has 0 aliphatic heterocycles. The molecule has 0 heterocycles. The van der Waals surface area contributed by atoms with Crippen molar-refractivity contribution in [2.24, 2.45) is 0 Å². The highest BCUT2D eigenvalue weighted by molar-refractivity contribution is 5.66. The molecule has 0 aromatic heterocycles. The van der Waals surface area contributed by atoms with E-state index in [0.29, 0.717) is 0 Å². The lowest BCUT2D eigenvalue weighted by Crippen LogP contribution is -1.96. The van der Waals surface area contributed by atoms with Crippen LogP contribution in [0.2, 0.25) is 0 Å². The number of esters is 1. The van der Waals surface area contributed by atoms with Crippen molar-refractivity contribution in [2.75, 3.05) is 6.61 Å². The average Bonchev–Trinajstić information content (AvgIpc) is 2.39. The van der Waals surface area contributed by atoms with Crippen LogP contribution in [0.25, 0.3) is 0 Å². The van der Waals surface area contributed by atoms with Gasteiger partial charge in [0.15, 0.2) is 0 Å². The molecule has 0 bridgehead atoms. The Labute approximate surface area is 116 Å². The van der Waals surface area contributed by atoms with Crippen LogP contribution in [0.5, 0.6) is 0 Å². The Balaban J connectivity index is 3.61. The van der Waals surface area contributed by atoms with Crippen LogP contribution >= 0.6 is 0 Å². The Morgan fingerprint density at radius 2 is 2.00 bits per heavy atom. The summed E-state index contributed by atoms with van der Waals surface area (Å²) in [5.74, 6) is 10.9. The lowest BCUT2D eigenvalue weighted by molar-refractivity contribution is -0.139. The first-order chi connectivity index (χ1) is 9.27. The highest BCUT2D eigenvalue weighted by Crippen LogP contribution is 1.99. The summed E-state index contributed by atoms with van der Waals surface area (Å²) >= 11 is 0. The van der Waals surface area contributed by atoms with Crippen LogP contribution in [0.15, 0.2) is 24.3 Å². The van der Waals surface area contributed by atoms with E-state index in [1.165, 1.54) is 26.2 Å². The lowest BCUT2D eigenvalue weighted by atomic mass is 10.2. The van der Waals surface area contributed by atoms with Crippen molar-refractivity contribution < 1.29 is 9.53 Å².